The summed E-state index contributed by atoms with van der Waals surface area (Å²) in [6.07, 6.45) is 13.5. The van der Waals surface area contributed by atoms with E-state index in [0.717, 1.165) is 71.5 Å². The number of carboxylic acid groups (broad SMARTS) is 10. The van der Waals surface area contributed by atoms with Crippen LogP contribution in [0.3, 0.4) is 0 Å². The van der Waals surface area contributed by atoms with Gasteiger partial charge in [0.2, 0.25) is 0 Å². The van der Waals surface area contributed by atoms with Gasteiger partial charge in [0.15, 0.2) is 0 Å². The van der Waals surface area contributed by atoms with Gasteiger partial charge in [-0.15, -0.1) is 0 Å². The fraction of sp³-hybridized carbons (Fsp3) is 0.741. The van der Waals surface area contributed by atoms with Gasteiger partial charge in [0.05, 0.1) is 58.9 Å². The van der Waals surface area contributed by atoms with E-state index in [2.05, 4.69) is 76.3 Å². The third kappa shape index (κ3) is 83.4. The molecular formula is C85H142N18O44. The van der Waals surface area contributed by atoms with Crippen molar-refractivity contribution < 1.29 is 214 Å². The minimum Gasteiger partial charge on any atom is -0.481 e. The van der Waals surface area contributed by atoms with E-state index in [1.807, 2.05) is 37.9 Å². The van der Waals surface area contributed by atoms with Crippen molar-refractivity contribution >= 4 is 134 Å². The largest absolute Gasteiger partial charge is 0.481 e. The summed E-state index contributed by atoms with van der Waals surface area (Å²) in [6.45, 7) is 21.0. The van der Waals surface area contributed by atoms with Crippen LogP contribution in [0.2, 0.25) is 0 Å². The smallest absolute Gasteiger partial charge is 0.373 e. The number of unbranched alkanes of at least 4 members (excludes halogenated alkanes) is 2. The van der Waals surface area contributed by atoms with Crippen LogP contribution in [0.5, 0.6) is 0 Å². The lowest BCUT2D eigenvalue weighted by Crippen LogP contribution is -2.60. The molecule has 3 unspecified atom stereocenters. The van der Waals surface area contributed by atoms with E-state index in [4.69, 9.17) is 173 Å². The summed E-state index contributed by atoms with van der Waals surface area (Å²) in [6, 6.07) is 0.513. The van der Waals surface area contributed by atoms with Crippen LogP contribution in [0.1, 0.15) is 97.8 Å². The molecule has 0 amide bonds. The standard InChI is InChI=1S/C17H32N4O4.C14H26N4O6.C14H32N4.C14H25N3O6.C14H27N3O4.12CO2/c1-19-11-17(7-8-18,20(2)9-15(22)23)12-21(10-16(24)25)14-6-4-3-5-13(14)19;1-16(6-11(19)20)14(2-3-15)9-17(7-12(21)22)4-5-18(10-14)8-13(23)24;1-14(16(2)3)12-17(4)10-11-18(13-14)9-7-5-6-8-15;1-3-14(15(2)6-11(18)19)9-16(7-12(20)21)4-5-17(10-14)8-13(22)23;1-14(16(3)9-13(20)21)10-15(2)7-8-17(11-14)6-4-5-12(18)19;12*2-1-3/h13-14H,3-12,18H2,1-2H3,(H,22,23)(H,24,25);2-10,15H2,1H3,(H,19,20)(H,21,22)(H,23,24);5-13,15H2,1-4H3;3-10H2,1-2H3,(H,18,19)(H,20,21)(H,22,23);4-11H2,1-3H3,(H,18,19)(H,20,21);;;;;;;;;;;;/t13-,14-,17?;;;;;;;;;;;;;;;;/m0................/s1. The number of hydrogen-bond donors (Lipinski definition) is 13. The van der Waals surface area contributed by atoms with Crippen LogP contribution < -0.4 is 17.2 Å². The van der Waals surface area contributed by atoms with Gasteiger partial charge in [-0.1, -0.05) is 26.2 Å². The second kappa shape index (κ2) is 97.3. The number of nitrogens with zero attached hydrogens (tertiary/aromatic N) is 15. The molecule has 5 heterocycles. The first kappa shape index (κ1) is 156. The summed E-state index contributed by atoms with van der Waals surface area (Å²) >= 11 is 0. The fourth-order valence-electron chi connectivity index (χ4n) is 16.6. The lowest BCUT2D eigenvalue weighted by atomic mass is 9.88. The zero-order valence-electron chi connectivity index (χ0n) is 84.6. The third-order valence-electron chi connectivity index (χ3n) is 22.9. The number of nitrogens with two attached hydrogens (primary N) is 3. The minimum atomic E-state index is -1.01. The Kier molecular flexibility index (Phi) is 103. The number of carboxylic acids is 10. The van der Waals surface area contributed by atoms with Crippen molar-refractivity contribution in [2.24, 2.45) is 17.2 Å². The van der Waals surface area contributed by atoms with Gasteiger partial charge in [0, 0.05) is 164 Å². The Labute approximate surface area is 845 Å². The molecule has 6 aliphatic rings. The van der Waals surface area contributed by atoms with Crippen molar-refractivity contribution in [3.8, 4) is 0 Å². The second-order valence-electron chi connectivity index (χ2n) is 33.4. The van der Waals surface area contributed by atoms with E-state index in [-0.39, 0.29) is 163 Å². The molecule has 5 aliphatic heterocycles. The second-order valence-corrected chi connectivity index (χ2v) is 33.4. The summed E-state index contributed by atoms with van der Waals surface area (Å²) in [4.78, 5) is 336. The number of fused-ring (bicyclic) bond motifs is 1. The Morgan fingerprint density at radius 2 is 0.558 bits per heavy atom. The van der Waals surface area contributed by atoms with E-state index >= 15 is 0 Å². The maximum atomic E-state index is 11.5. The molecule has 62 nitrogen and oxygen atoms in total. The van der Waals surface area contributed by atoms with Gasteiger partial charge in [-0.25, -0.2) is 0 Å². The van der Waals surface area contributed by atoms with Gasteiger partial charge in [-0.05, 0) is 161 Å². The lowest BCUT2D eigenvalue weighted by molar-refractivity contribution is -0.193. The van der Waals surface area contributed by atoms with Gasteiger partial charge in [-0.3, -0.25) is 96.9 Å². The molecule has 1 aliphatic carbocycles. The van der Waals surface area contributed by atoms with Gasteiger partial charge in [0.25, 0.3) is 0 Å². The molecule has 836 valence electrons. The number of rotatable bonds is 37. The molecule has 62 heteroatoms. The summed E-state index contributed by atoms with van der Waals surface area (Å²) in [7, 11) is 17.7. The number of carbonyl (C=O) groups excluding carboxylic acids is 24. The van der Waals surface area contributed by atoms with Crippen LogP contribution in [0.15, 0.2) is 0 Å². The topological polar surface area (TPSA) is 909 Å². The van der Waals surface area contributed by atoms with Crippen molar-refractivity contribution in [3.05, 3.63) is 0 Å². The van der Waals surface area contributed by atoms with Crippen molar-refractivity contribution in [1.29, 1.82) is 0 Å². The van der Waals surface area contributed by atoms with Crippen LogP contribution >= 0.6 is 0 Å². The fourth-order valence-corrected chi connectivity index (χ4v) is 16.6. The molecule has 5 saturated heterocycles. The highest BCUT2D eigenvalue weighted by atomic mass is 16.4. The molecule has 0 radical (unpaired) electrons. The molecule has 16 N–H and O–H groups in total. The highest BCUT2D eigenvalue weighted by molar-refractivity contribution is 5.72. The molecule has 0 aromatic rings. The van der Waals surface area contributed by atoms with Crippen LogP contribution in [-0.4, -0.2) is 571 Å². The highest BCUT2D eigenvalue weighted by Crippen LogP contribution is 2.35. The summed E-state index contributed by atoms with van der Waals surface area (Å²) in [5.74, 6) is -9.18. The van der Waals surface area contributed by atoms with E-state index in [1.165, 1.54) is 45.4 Å². The van der Waals surface area contributed by atoms with Crippen molar-refractivity contribution in [1.82, 2.24) is 73.5 Å². The summed E-state index contributed by atoms with van der Waals surface area (Å²) < 4.78 is 0. The van der Waals surface area contributed by atoms with Gasteiger partial charge < -0.3 is 92.8 Å². The first-order chi connectivity index (χ1) is 68.8. The predicted molar refractivity (Wildman–Crippen MR) is 479 cm³/mol. The molecule has 0 spiro atoms. The molecule has 147 heavy (non-hydrogen) atoms. The first-order valence-electron chi connectivity index (χ1n) is 43.7. The van der Waals surface area contributed by atoms with E-state index in [0.29, 0.717) is 104 Å². The van der Waals surface area contributed by atoms with Crippen LogP contribution in [0.4, 0.5) is 0 Å². The van der Waals surface area contributed by atoms with Crippen molar-refractivity contribution in [2.75, 3.05) is 273 Å². The first-order valence-corrected chi connectivity index (χ1v) is 43.7. The van der Waals surface area contributed by atoms with Crippen LogP contribution in [0.25, 0.3) is 0 Å². The normalized spacial score (nSPS) is 19.1. The molecule has 6 fully saturated rings. The number of hydrogen-bond acceptors (Lipinski definition) is 52. The maximum absolute atomic E-state index is 11.5. The SMILES string of the molecule is CCC1(N(C)CC(=O)O)CN(CC(=O)O)CCN(CC(=O)O)C1.CN(CC(=O)O)C1(CCN)CN(CC(=O)O)CCN(CC(=O)O)C1.CN1CC(CCN)(N(C)CC(=O)O)CN(CC(=O)O)[C@H]2CCCC[C@@H]21.CN1CCN(CCCC(=O)O)CC(C)(N(C)CC(=O)O)C1.CN1CCN(CCCCCN)CC(C)(N(C)C)C1.O=C=O.O=C=O.O=C=O.O=C=O.O=C=O.O=C=O.O=C=O.O=C=O.O=C=O.O=C=O.O=C=O.O=C=O. The molecule has 0 aromatic carbocycles. The zero-order chi connectivity index (χ0) is 117. The Balaban J connectivity index is -0.000000161. The third-order valence-corrected chi connectivity index (χ3v) is 22.9. The van der Waals surface area contributed by atoms with Gasteiger partial charge in [0.1, 0.15) is 0 Å². The average molecular weight is 2120 g/mol. The van der Waals surface area contributed by atoms with E-state index in [1.54, 1.807) is 43.5 Å². The summed E-state index contributed by atoms with van der Waals surface area (Å²) in [5, 5.41) is 90.8. The molecule has 5 atom stereocenters. The van der Waals surface area contributed by atoms with Crippen molar-refractivity contribution in [3.63, 3.8) is 0 Å². The maximum Gasteiger partial charge on any atom is 0.373 e. The molecule has 6 rings (SSSR count). The number of aliphatic carboxylic acids is 10. The predicted octanol–water partition coefficient (Wildman–Crippen LogP) is -9.90. The Hall–Kier alpha value is -13.5. The van der Waals surface area contributed by atoms with E-state index in [9.17, 15) is 58.2 Å². The lowest BCUT2D eigenvalue weighted by Gasteiger charge is -2.44. The van der Waals surface area contributed by atoms with Gasteiger partial charge in [-0.2, -0.15) is 115 Å². The Morgan fingerprint density at radius 1 is 0.293 bits per heavy atom. The summed E-state index contributed by atoms with van der Waals surface area (Å²) in [5.41, 5.74) is 15.3. The quantitative estimate of drug-likeness (QED) is 0.0257. The average Bonchev–Trinajstić information content (AvgIpc) is 1.66. The number of likely N-dealkylation sites (N-methyl/N-ethyl adjacent to an activating group) is 8. The Morgan fingerprint density at radius 3 is 0.837 bits per heavy atom. The minimum absolute atomic E-state index is 0.00725. The molecule has 1 saturated carbocycles. The Bertz CT molecular complexity index is 3840. The van der Waals surface area contributed by atoms with Crippen molar-refractivity contribution in [2.45, 2.75) is 138 Å². The van der Waals surface area contributed by atoms with E-state index < -0.39 is 76.3 Å². The zero-order valence-corrected chi connectivity index (χ0v) is 84.6. The molecule has 0 bridgehead atoms. The molecule has 0 aromatic heterocycles. The van der Waals surface area contributed by atoms with Crippen LogP contribution in [-0.2, 0) is 163 Å². The highest BCUT2D eigenvalue weighted by Gasteiger charge is 2.48. The van der Waals surface area contributed by atoms with Crippen LogP contribution in [0, 0.1) is 0 Å². The number of carbonyl (C=O) groups is 10. The monoisotopic (exact) mass is 2120 g/mol. The molecular weight excluding hydrogens is 1980 g/mol. The van der Waals surface area contributed by atoms with Gasteiger partial charge >= 0.3 is 134 Å².